The van der Waals surface area contributed by atoms with Crippen molar-refractivity contribution in [3.8, 4) is 0 Å². The van der Waals surface area contributed by atoms with E-state index in [1.807, 2.05) is 0 Å². The molecule has 0 aliphatic carbocycles. The number of hydrogen-bond acceptors (Lipinski definition) is 4. The van der Waals surface area contributed by atoms with Crippen molar-refractivity contribution in [2.24, 2.45) is 0 Å². The molecule has 0 unspecified atom stereocenters. The van der Waals surface area contributed by atoms with Crippen LogP contribution in [-0.4, -0.2) is 23.8 Å². The maximum atomic E-state index is 13.5. The summed E-state index contributed by atoms with van der Waals surface area (Å²) in [7, 11) is 0. The van der Waals surface area contributed by atoms with Crippen LogP contribution in [0.2, 0.25) is 0 Å². The Morgan fingerprint density at radius 1 is 1.12 bits per heavy atom. The van der Waals surface area contributed by atoms with Crippen molar-refractivity contribution in [2.75, 3.05) is 5.32 Å². The van der Waals surface area contributed by atoms with E-state index >= 15 is 0 Å². The van der Waals surface area contributed by atoms with E-state index in [4.69, 9.17) is 4.74 Å². The molecule has 0 bridgehead atoms. The molecule has 0 heterocycles. The van der Waals surface area contributed by atoms with E-state index in [-0.39, 0.29) is 11.3 Å². The number of benzene rings is 2. The van der Waals surface area contributed by atoms with Gasteiger partial charge in [-0.1, -0.05) is 30.3 Å². The second kappa shape index (κ2) is 8.71. The lowest BCUT2D eigenvalue weighted by molar-refractivity contribution is -0.148. The predicted octanol–water partition coefficient (Wildman–Crippen LogP) is 3.61. The molecular weight excluding hydrogens is 337 g/mol. The minimum Gasteiger partial charge on any atom is -0.449 e. The second-order valence-corrected chi connectivity index (χ2v) is 5.56. The highest BCUT2D eigenvalue weighted by Gasteiger charge is 2.17. The molecule has 0 radical (unpaired) electrons. The van der Waals surface area contributed by atoms with E-state index in [0.29, 0.717) is 11.3 Å². The van der Waals surface area contributed by atoms with Gasteiger partial charge in [0.2, 0.25) is 0 Å². The zero-order valence-corrected chi connectivity index (χ0v) is 14.4. The molecule has 134 valence electrons. The number of hydrogen-bond donors (Lipinski definition) is 1. The SMILES string of the molecule is CC(=O)c1cccc(NC(=O)[C@@H](C)OC(=O)/C=C/c2ccccc2F)c1. The molecule has 0 aliphatic rings. The molecule has 2 rings (SSSR count). The highest BCUT2D eigenvalue weighted by atomic mass is 19.1. The minimum atomic E-state index is -1.06. The first-order valence-electron chi connectivity index (χ1n) is 7.92. The van der Waals surface area contributed by atoms with E-state index in [0.717, 1.165) is 6.08 Å². The zero-order valence-electron chi connectivity index (χ0n) is 14.4. The first kappa shape index (κ1) is 19.1. The number of Topliss-reactive ketones (excluding diaryl/α,β-unsaturated/α-hetero) is 1. The molecule has 0 fully saturated rings. The third-order valence-corrected chi connectivity index (χ3v) is 3.50. The van der Waals surface area contributed by atoms with Crippen LogP contribution in [-0.2, 0) is 14.3 Å². The number of ketones is 1. The average Bonchev–Trinajstić information content (AvgIpc) is 2.61. The Balaban J connectivity index is 1.94. The third-order valence-electron chi connectivity index (χ3n) is 3.50. The van der Waals surface area contributed by atoms with Crippen LogP contribution in [0.1, 0.15) is 29.8 Å². The molecule has 0 saturated carbocycles. The van der Waals surface area contributed by atoms with Gasteiger partial charge in [0, 0.05) is 22.9 Å². The Morgan fingerprint density at radius 3 is 2.54 bits per heavy atom. The smallest absolute Gasteiger partial charge is 0.331 e. The molecule has 26 heavy (non-hydrogen) atoms. The van der Waals surface area contributed by atoms with Crippen molar-refractivity contribution in [1.82, 2.24) is 0 Å². The molecular formula is C20H18FNO4. The van der Waals surface area contributed by atoms with Gasteiger partial charge in [0.05, 0.1) is 0 Å². The van der Waals surface area contributed by atoms with Gasteiger partial charge in [-0.2, -0.15) is 0 Å². The highest BCUT2D eigenvalue weighted by molar-refractivity contribution is 5.99. The Bertz CT molecular complexity index is 860. The monoisotopic (exact) mass is 355 g/mol. The van der Waals surface area contributed by atoms with E-state index in [9.17, 15) is 18.8 Å². The first-order valence-corrected chi connectivity index (χ1v) is 7.92. The standard InChI is InChI=1S/C20H18FNO4/c1-13(23)16-7-5-8-17(12-16)22-20(25)14(2)26-19(24)11-10-15-6-3-4-9-18(15)21/h3-12,14H,1-2H3,(H,22,25)/b11-10+/t14-/m1/s1. The Morgan fingerprint density at radius 2 is 1.85 bits per heavy atom. The van der Waals surface area contributed by atoms with Gasteiger partial charge in [0.15, 0.2) is 11.9 Å². The number of esters is 1. The van der Waals surface area contributed by atoms with Gasteiger partial charge < -0.3 is 10.1 Å². The summed E-state index contributed by atoms with van der Waals surface area (Å²) in [6.07, 6.45) is 1.27. The first-order chi connectivity index (χ1) is 12.4. The summed E-state index contributed by atoms with van der Waals surface area (Å²) in [5.74, 6) is -1.90. The van der Waals surface area contributed by atoms with Crippen molar-refractivity contribution < 1.29 is 23.5 Å². The topological polar surface area (TPSA) is 72.5 Å². The molecule has 1 amide bonds. The molecule has 2 aromatic carbocycles. The van der Waals surface area contributed by atoms with Crippen LogP contribution in [0.5, 0.6) is 0 Å². The lowest BCUT2D eigenvalue weighted by Gasteiger charge is -2.12. The van der Waals surface area contributed by atoms with Crippen molar-refractivity contribution in [1.29, 1.82) is 0 Å². The Kier molecular flexibility index (Phi) is 6.38. The van der Waals surface area contributed by atoms with Crippen molar-refractivity contribution in [2.45, 2.75) is 20.0 Å². The number of nitrogens with one attached hydrogen (secondary N) is 1. The fourth-order valence-corrected chi connectivity index (χ4v) is 2.09. The molecule has 0 aliphatic heterocycles. The highest BCUT2D eigenvalue weighted by Crippen LogP contribution is 2.12. The summed E-state index contributed by atoms with van der Waals surface area (Å²) in [4.78, 5) is 35.2. The van der Waals surface area contributed by atoms with Crippen LogP contribution in [0, 0.1) is 5.82 Å². The van der Waals surface area contributed by atoms with Crippen LogP contribution >= 0.6 is 0 Å². The number of amides is 1. The summed E-state index contributed by atoms with van der Waals surface area (Å²) in [6.45, 7) is 2.84. The Labute approximate surface area is 150 Å². The lowest BCUT2D eigenvalue weighted by atomic mass is 10.1. The van der Waals surface area contributed by atoms with Crippen molar-refractivity contribution in [3.05, 3.63) is 71.6 Å². The van der Waals surface area contributed by atoms with Crippen LogP contribution in [0.15, 0.2) is 54.6 Å². The fraction of sp³-hybridized carbons (Fsp3) is 0.150. The van der Waals surface area contributed by atoms with Gasteiger partial charge in [0.1, 0.15) is 5.82 Å². The van der Waals surface area contributed by atoms with E-state index in [2.05, 4.69) is 5.32 Å². The maximum absolute atomic E-state index is 13.5. The minimum absolute atomic E-state index is 0.126. The number of rotatable bonds is 6. The van der Waals surface area contributed by atoms with Crippen LogP contribution < -0.4 is 5.32 Å². The zero-order chi connectivity index (χ0) is 19.1. The van der Waals surface area contributed by atoms with Gasteiger partial charge in [-0.05, 0) is 38.1 Å². The van der Waals surface area contributed by atoms with Gasteiger partial charge in [0.25, 0.3) is 5.91 Å². The Hall–Kier alpha value is -3.28. The molecule has 1 atom stereocenters. The number of halogens is 1. The van der Waals surface area contributed by atoms with Crippen LogP contribution in [0.25, 0.3) is 6.08 Å². The maximum Gasteiger partial charge on any atom is 0.331 e. The number of carbonyl (C=O) groups excluding carboxylic acids is 3. The molecule has 6 heteroatoms. The summed E-state index contributed by atoms with van der Waals surface area (Å²) in [6, 6.07) is 12.4. The number of ether oxygens (including phenoxy) is 1. The fourth-order valence-electron chi connectivity index (χ4n) is 2.09. The van der Waals surface area contributed by atoms with E-state index in [1.54, 1.807) is 30.3 Å². The van der Waals surface area contributed by atoms with Crippen molar-refractivity contribution >= 4 is 29.4 Å². The third kappa shape index (κ3) is 5.37. The molecule has 1 N–H and O–H groups in total. The lowest BCUT2D eigenvalue weighted by Crippen LogP contribution is -2.29. The van der Waals surface area contributed by atoms with Gasteiger partial charge in [-0.3, -0.25) is 9.59 Å². The molecule has 5 nitrogen and oxygen atoms in total. The largest absolute Gasteiger partial charge is 0.449 e. The normalized spacial score (nSPS) is 11.8. The van der Waals surface area contributed by atoms with Crippen LogP contribution in [0.4, 0.5) is 10.1 Å². The molecule has 0 spiro atoms. The quantitative estimate of drug-likeness (QED) is 0.488. The summed E-state index contributed by atoms with van der Waals surface area (Å²) in [5.41, 5.74) is 1.12. The van der Waals surface area contributed by atoms with Crippen molar-refractivity contribution in [3.63, 3.8) is 0 Å². The van der Waals surface area contributed by atoms with Gasteiger partial charge >= 0.3 is 5.97 Å². The molecule has 2 aromatic rings. The van der Waals surface area contributed by atoms with Crippen LogP contribution in [0.3, 0.4) is 0 Å². The second-order valence-electron chi connectivity index (χ2n) is 5.56. The average molecular weight is 355 g/mol. The molecule has 0 saturated heterocycles. The summed E-state index contributed by atoms with van der Waals surface area (Å²) < 4.78 is 18.5. The summed E-state index contributed by atoms with van der Waals surface area (Å²) in [5, 5.41) is 2.57. The molecule has 0 aromatic heterocycles. The number of anilines is 1. The van der Waals surface area contributed by atoms with E-state index in [1.165, 1.54) is 38.1 Å². The van der Waals surface area contributed by atoms with Gasteiger partial charge in [-0.15, -0.1) is 0 Å². The number of carbonyl (C=O) groups is 3. The van der Waals surface area contributed by atoms with Gasteiger partial charge in [-0.25, -0.2) is 9.18 Å². The van der Waals surface area contributed by atoms with E-state index < -0.39 is 23.8 Å². The predicted molar refractivity (Wildman–Crippen MR) is 96.1 cm³/mol. The summed E-state index contributed by atoms with van der Waals surface area (Å²) >= 11 is 0.